The molecule has 2 fully saturated rings. The Balaban J connectivity index is 1.71. The second kappa shape index (κ2) is 5.66. The Morgan fingerprint density at radius 2 is 1.91 bits per heavy atom. The molecule has 2 aromatic rings. The first-order valence-corrected chi connectivity index (χ1v) is 7.95. The van der Waals surface area contributed by atoms with E-state index >= 15 is 0 Å². The Kier molecular flexibility index (Phi) is 3.50. The number of urea groups is 1. The first-order chi connectivity index (χ1) is 11.3. The summed E-state index contributed by atoms with van der Waals surface area (Å²) in [5, 5.41) is 4.76. The SMILES string of the molecule is O=C1NC(C2CCCOC2)C(=O)N1c1cccc2ccccc12. The molecule has 0 aliphatic carbocycles. The predicted octanol–water partition coefficient (Wildman–Crippen LogP) is 2.69. The number of nitrogens with one attached hydrogen (secondary N) is 1. The third-order valence-electron chi connectivity index (χ3n) is 4.64. The number of benzene rings is 2. The molecule has 2 unspecified atom stereocenters. The Morgan fingerprint density at radius 3 is 2.74 bits per heavy atom. The van der Waals surface area contributed by atoms with Crippen LogP contribution in [0.15, 0.2) is 42.5 Å². The van der Waals surface area contributed by atoms with Gasteiger partial charge in [-0.3, -0.25) is 4.79 Å². The second-order valence-corrected chi connectivity index (χ2v) is 6.08. The maximum absolute atomic E-state index is 12.8. The summed E-state index contributed by atoms with van der Waals surface area (Å²) in [6, 6.07) is 12.6. The first kappa shape index (κ1) is 14.2. The Morgan fingerprint density at radius 1 is 1.09 bits per heavy atom. The average Bonchev–Trinajstić information content (AvgIpc) is 2.90. The lowest BCUT2D eigenvalue weighted by molar-refractivity contribution is -0.120. The van der Waals surface area contributed by atoms with Crippen molar-refractivity contribution in [1.29, 1.82) is 0 Å². The molecule has 2 heterocycles. The molecule has 2 aromatic carbocycles. The highest BCUT2D eigenvalue weighted by Crippen LogP contribution is 2.31. The highest BCUT2D eigenvalue weighted by molar-refractivity contribution is 6.24. The van der Waals surface area contributed by atoms with Crippen molar-refractivity contribution in [3.05, 3.63) is 42.5 Å². The van der Waals surface area contributed by atoms with Crippen LogP contribution >= 0.6 is 0 Å². The van der Waals surface area contributed by atoms with Gasteiger partial charge in [-0.05, 0) is 24.3 Å². The molecule has 0 radical (unpaired) electrons. The molecule has 0 saturated carbocycles. The molecule has 2 saturated heterocycles. The van der Waals surface area contributed by atoms with Gasteiger partial charge >= 0.3 is 6.03 Å². The Hall–Kier alpha value is -2.40. The van der Waals surface area contributed by atoms with Gasteiger partial charge in [-0.15, -0.1) is 0 Å². The molecule has 2 aliphatic rings. The van der Waals surface area contributed by atoms with E-state index in [9.17, 15) is 9.59 Å². The second-order valence-electron chi connectivity index (χ2n) is 6.08. The minimum atomic E-state index is -0.484. The maximum Gasteiger partial charge on any atom is 0.329 e. The van der Waals surface area contributed by atoms with Crippen LogP contribution in [-0.4, -0.2) is 31.2 Å². The summed E-state index contributed by atoms with van der Waals surface area (Å²) in [6.45, 7) is 1.26. The third-order valence-corrected chi connectivity index (χ3v) is 4.64. The normalized spacial score (nSPS) is 25.0. The molecule has 3 amide bonds. The zero-order chi connectivity index (χ0) is 15.8. The fourth-order valence-electron chi connectivity index (χ4n) is 3.48. The molecule has 2 aliphatic heterocycles. The predicted molar refractivity (Wildman–Crippen MR) is 87.3 cm³/mol. The summed E-state index contributed by atoms with van der Waals surface area (Å²) < 4.78 is 5.47. The summed E-state index contributed by atoms with van der Waals surface area (Å²) in [5.74, 6) is -0.123. The Bertz CT molecular complexity index is 762. The number of fused-ring (bicyclic) bond motifs is 1. The van der Waals surface area contributed by atoms with Gasteiger partial charge in [0.25, 0.3) is 5.91 Å². The van der Waals surface area contributed by atoms with E-state index in [1.54, 1.807) is 0 Å². The van der Waals surface area contributed by atoms with Crippen LogP contribution in [0.4, 0.5) is 10.5 Å². The average molecular weight is 310 g/mol. The van der Waals surface area contributed by atoms with Crippen LogP contribution in [0.25, 0.3) is 10.8 Å². The third kappa shape index (κ3) is 2.37. The zero-order valence-corrected chi connectivity index (χ0v) is 12.7. The molecule has 118 valence electrons. The molecule has 23 heavy (non-hydrogen) atoms. The van der Waals surface area contributed by atoms with Crippen LogP contribution in [0.2, 0.25) is 0 Å². The van der Waals surface area contributed by atoms with Crippen molar-refractivity contribution in [2.24, 2.45) is 5.92 Å². The number of rotatable bonds is 2. The van der Waals surface area contributed by atoms with Crippen LogP contribution in [0.1, 0.15) is 12.8 Å². The van der Waals surface area contributed by atoms with Gasteiger partial charge in [0.05, 0.1) is 12.3 Å². The van der Waals surface area contributed by atoms with Crippen molar-refractivity contribution in [3.63, 3.8) is 0 Å². The van der Waals surface area contributed by atoms with Crippen molar-refractivity contribution in [1.82, 2.24) is 5.32 Å². The van der Waals surface area contributed by atoms with E-state index in [1.165, 1.54) is 4.90 Å². The van der Waals surface area contributed by atoms with E-state index in [0.717, 1.165) is 30.2 Å². The number of anilines is 1. The van der Waals surface area contributed by atoms with Crippen molar-refractivity contribution in [2.45, 2.75) is 18.9 Å². The summed E-state index contributed by atoms with van der Waals surface area (Å²) >= 11 is 0. The number of amides is 3. The largest absolute Gasteiger partial charge is 0.381 e. The minimum Gasteiger partial charge on any atom is -0.381 e. The highest BCUT2D eigenvalue weighted by atomic mass is 16.5. The van der Waals surface area contributed by atoms with Gasteiger partial charge in [0, 0.05) is 17.9 Å². The van der Waals surface area contributed by atoms with Crippen LogP contribution in [-0.2, 0) is 9.53 Å². The van der Waals surface area contributed by atoms with Crippen LogP contribution < -0.4 is 10.2 Å². The number of hydrogen-bond donors (Lipinski definition) is 1. The summed E-state index contributed by atoms with van der Waals surface area (Å²) in [4.78, 5) is 26.6. The number of ether oxygens (including phenoxy) is 1. The highest BCUT2D eigenvalue weighted by Gasteiger charge is 2.44. The van der Waals surface area contributed by atoms with Crippen LogP contribution in [0.3, 0.4) is 0 Å². The molecule has 0 aromatic heterocycles. The lowest BCUT2D eigenvalue weighted by Crippen LogP contribution is -2.41. The van der Waals surface area contributed by atoms with Gasteiger partial charge in [-0.2, -0.15) is 0 Å². The molecule has 0 bridgehead atoms. The van der Waals surface area contributed by atoms with Crippen LogP contribution in [0, 0.1) is 5.92 Å². The number of imide groups is 1. The molecular weight excluding hydrogens is 292 g/mol. The Labute approximate surface area is 134 Å². The lowest BCUT2D eigenvalue weighted by atomic mass is 9.93. The lowest BCUT2D eigenvalue weighted by Gasteiger charge is -2.25. The van der Waals surface area contributed by atoms with E-state index < -0.39 is 6.04 Å². The molecule has 4 rings (SSSR count). The van der Waals surface area contributed by atoms with E-state index in [4.69, 9.17) is 4.74 Å². The molecule has 5 heteroatoms. The minimum absolute atomic E-state index is 0.0557. The van der Waals surface area contributed by atoms with Gasteiger partial charge in [0.2, 0.25) is 0 Å². The van der Waals surface area contributed by atoms with Crippen molar-refractivity contribution in [2.75, 3.05) is 18.1 Å². The smallest absolute Gasteiger partial charge is 0.329 e. The topological polar surface area (TPSA) is 58.6 Å². The van der Waals surface area contributed by atoms with E-state index in [-0.39, 0.29) is 17.9 Å². The summed E-state index contributed by atoms with van der Waals surface area (Å²) in [6.07, 6.45) is 1.83. The molecule has 5 nitrogen and oxygen atoms in total. The summed E-state index contributed by atoms with van der Waals surface area (Å²) in [7, 11) is 0. The van der Waals surface area contributed by atoms with E-state index in [2.05, 4.69) is 5.32 Å². The number of carbonyl (C=O) groups excluding carboxylic acids is 2. The molecule has 0 spiro atoms. The van der Waals surface area contributed by atoms with Gasteiger partial charge in [-0.1, -0.05) is 36.4 Å². The van der Waals surface area contributed by atoms with Crippen molar-refractivity contribution < 1.29 is 14.3 Å². The van der Waals surface area contributed by atoms with E-state index in [0.29, 0.717) is 12.3 Å². The van der Waals surface area contributed by atoms with E-state index in [1.807, 2.05) is 42.5 Å². The number of carbonyl (C=O) groups is 2. The van der Waals surface area contributed by atoms with Gasteiger partial charge in [0.15, 0.2) is 0 Å². The zero-order valence-electron chi connectivity index (χ0n) is 12.7. The monoisotopic (exact) mass is 310 g/mol. The quantitative estimate of drug-likeness (QED) is 0.868. The first-order valence-electron chi connectivity index (χ1n) is 7.95. The van der Waals surface area contributed by atoms with Crippen LogP contribution in [0.5, 0.6) is 0 Å². The fraction of sp³-hybridized carbons (Fsp3) is 0.333. The molecule has 2 atom stereocenters. The number of hydrogen-bond acceptors (Lipinski definition) is 3. The van der Waals surface area contributed by atoms with Gasteiger partial charge < -0.3 is 10.1 Å². The van der Waals surface area contributed by atoms with Gasteiger partial charge in [0.1, 0.15) is 6.04 Å². The fourth-order valence-corrected chi connectivity index (χ4v) is 3.48. The molecular formula is C18H18N2O3. The molecule has 1 N–H and O–H groups in total. The summed E-state index contributed by atoms with van der Waals surface area (Å²) in [5.41, 5.74) is 0.643. The maximum atomic E-state index is 12.8. The number of nitrogens with zero attached hydrogens (tertiary/aromatic N) is 1. The standard InChI is InChI=1S/C18H18N2O3/c21-17-16(13-7-4-10-23-11-13)19-18(22)20(17)15-9-3-6-12-5-1-2-8-14(12)15/h1-3,5-6,8-9,13,16H,4,7,10-11H2,(H,19,22). The van der Waals surface area contributed by atoms with Gasteiger partial charge in [-0.25, -0.2) is 9.69 Å². The van der Waals surface area contributed by atoms with Crippen molar-refractivity contribution >= 4 is 28.4 Å². The van der Waals surface area contributed by atoms with Crippen molar-refractivity contribution in [3.8, 4) is 0 Å².